The largest absolute Gasteiger partial charge is 0.493 e. The van der Waals surface area contributed by atoms with Crippen LogP contribution >= 0.6 is 11.6 Å². The number of aromatic amines is 1. The van der Waals surface area contributed by atoms with Crippen molar-refractivity contribution in [2.24, 2.45) is 0 Å². The smallest absolute Gasteiger partial charge is 0.161 e. The van der Waals surface area contributed by atoms with E-state index in [-0.39, 0.29) is 0 Å². The van der Waals surface area contributed by atoms with Crippen LogP contribution in [-0.2, 0) is 6.61 Å². The molecular formula is C16H14ClNO2. The molecule has 0 aliphatic rings. The van der Waals surface area contributed by atoms with Crippen molar-refractivity contribution < 1.29 is 9.47 Å². The van der Waals surface area contributed by atoms with Gasteiger partial charge in [-0.15, -0.1) is 0 Å². The summed E-state index contributed by atoms with van der Waals surface area (Å²) in [7, 11) is 1.63. The molecule has 0 spiro atoms. The van der Waals surface area contributed by atoms with Gasteiger partial charge in [-0.1, -0.05) is 35.9 Å². The van der Waals surface area contributed by atoms with Gasteiger partial charge >= 0.3 is 0 Å². The third-order valence-corrected chi connectivity index (χ3v) is 3.43. The number of ether oxygens (including phenoxy) is 2. The third kappa shape index (κ3) is 2.45. The van der Waals surface area contributed by atoms with Gasteiger partial charge in [0, 0.05) is 5.39 Å². The summed E-state index contributed by atoms with van der Waals surface area (Å²) in [5, 5.41) is 1.79. The summed E-state index contributed by atoms with van der Waals surface area (Å²) in [5.74, 6) is 1.45. The van der Waals surface area contributed by atoms with Crippen molar-refractivity contribution in [3.63, 3.8) is 0 Å². The van der Waals surface area contributed by atoms with Crippen LogP contribution < -0.4 is 9.47 Å². The Balaban J connectivity index is 1.82. The van der Waals surface area contributed by atoms with Gasteiger partial charge in [-0.2, -0.15) is 0 Å². The lowest BCUT2D eigenvalue weighted by atomic mass is 10.2. The molecule has 3 aromatic rings. The van der Waals surface area contributed by atoms with E-state index in [1.54, 1.807) is 7.11 Å². The zero-order valence-electron chi connectivity index (χ0n) is 11.0. The molecule has 2 aromatic carbocycles. The fraction of sp³-hybridized carbons (Fsp3) is 0.125. The number of fused-ring (bicyclic) bond motifs is 1. The normalized spacial score (nSPS) is 10.7. The zero-order chi connectivity index (χ0) is 13.9. The third-order valence-electron chi connectivity index (χ3n) is 3.11. The summed E-state index contributed by atoms with van der Waals surface area (Å²) < 4.78 is 11.0. The highest BCUT2D eigenvalue weighted by Crippen LogP contribution is 2.28. The molecule has 0 aliphatic carbocycles. The van der Waals surface area contributed by atoms with Gasteiger partial charge in [-0.3, -0.25) is 0 Å². The molecule has 0 radical (unpaired) electrons. The minimum Gasteiger partial charge on any atom is -0.493 e. The quantitative estimate of drug-likeness (QED) is 0.771. The molecule has 0 amide bonds. The van der Waals surface area contributed by atoms with Crippen LogP contribution in [0.25, 0.3) is 10.9 Å². The second-order valence-electron chi connectivity index (χ2n) is 4.44. The number of aromatic nitrogens is 1. The molecular weight excluding hydrogens is 274 g/mol. The van der Waals surface area contributed by atoms with Crippen molar-refractivity contribution in [2.45, 2.75) is 6.61 Å². The van der Waals surface area contributed by atoms with Crippen LogP contribution in [0.3, 0.4) is 0 Å². The van der Waals surface area contributed by atoms with Crippen LogP contribution in [0.15, 0.2) is 48.5 Å². The molecule has 20 heavy (non-hydrogen) atoms. The van der Waals surface area contributed by atoms with Crippen LogP contribution in [0.4, 0.5) is 0 Å². The van der Waals surface area contributed by atoms with Crippen molar-refractivity contribution in [2.75, 3.05) is 7.11 Å². The molecule has 0 fully saturated rings. The first-order valence-corrected chi connectivity index (χ1v) is 6.67. The van der Waals surface area contributed by atoms with E-state index in [0.717, 1.165) is 28.1 Å². The lowest BCUT2D eigenvalue weighted by molar-refractivity contribution is 0.281. The highest BCUT2D eigenvalue weighted by atomic mass is 35.5. The van der Waals surface area contributed by atoms with E-state index >= 15 is 0 Å². The summed E-state index contributed by atoms with van der Waals surface area (Å²) in [6, 6.07) is 15.4. The molecule has 0 saturated heterocycles. The number of nitrogens with one attached hydrogen (secondary N) is 1. The lowest BCUT2D eigenvalue weighted by Gasteiger charge is -2.09. The molecule has 4 heteroatoms. The first-order chi connectivity index (χ1) is 9.78. The Kier molecular flexibility index (Phi) is 3.52. The minimum absolute atomic E-state index is 0.436. The molecule has 1 aromatic heterocycles. The van der Waals surface area contributed by atoms with Crippen molar-refractivity contribution in [3.05, 3.63) is 59.2 Å². The Morgan fingerprint density at radius 2 is 1.85 bits per heavy atom. The highest BCUT2D eigenvalue weighted by Gasteiger charge is 2.06. The number of methoxy groups -OCH3 is 1. The molecule has 3 rings (SSSR count). The molecule has 1 N–H and O–H groups in total. The van der Waals surface area contributed by atoms with E-state index in [4.69, 9.17) is 21.1 Å². The maximum Gasteiger partial charge on any atom is 0.161 e. The van der Waals surface area contributed by atoms with E-state index in [1.807, 2.05) is 48.5 Å². The first-order valence-electron chi connectivity index (χ1n) is 6.30. The Hall–Kier alpha value is -2.13. The van der Waals surface area contributed by atoms with E-state index < -0.39 is 0 Å². The molecule has 0 aliphatic heterocycles. The van der Waals surface area contributed by atoms with Gasteiger partial charge in [-0.05, 0) is 24.3 Å². The van der Waals surface area contributed by atoms with Gasteiger partial charge in [0.15, 0.2) is 11.5 Å². The molecule has 3 nitrogen and oxygen atoms in total. The number of hydrogen-bond acceptors (Lipinski definition) is 2. The maximum absolute atomic E-state index is 6.14. The topological polar surface area (TPSA) is 34.2 Å². The second-order valence-corrected chi connectivity index (χ2v) is 4.85. The van der Waals surface area contributed by atoms with Gasteiger partial charge in [0.05, 0.1) is 23.3 Å². The second kappa shape index (κ2) is 5.47. The van der Waals surface area contributed by atoms with Crippen LogP contribution in [0, 0.1) is 0 Å². The van der Waals surface area contributed by atoms with Crippen molar-refractivity contribution in [1.29, 1.82) is 0 Å². The summed E-state index contributed by atoms with van der Waals surface area (Å²) >= 11 is 6.14. The Bertz CT molecular complexity index is 736. The van der Waals surface area contributed by atoms with Crippen LogP contribution in [0.5, 0.6) is 11.5 Å². The van der Waals surface area contributed by atoms with Gasteiger partial charge in [0.25, 0.3) is 0 Å². The maximum atomic E-state index is 6.14. The van der Waals surface area contributed by atoms with E-state index in [9.17, 15) is 0 Å². The summed E-state index contributed by atoms with van der Waals surface area (Å²) in [6.07, 6.45) is 0. The fourth-order valence-electron chi connectivity index (χ4n) is 2.15. The fourth-order valence-corrected chi connectivity index (χ4v) is 2.38. The van der Waals surface area contributed by atoms with E-state index in [1.165, 1.54) is 0 Å². The average molecular weight is 288 g/mol. The van der Waals surface area contributed by atoms with Crippen molar-refractivity contribution in [3.8, 4) is 11.5 Å². The molecule has 0 bridgehead atoms. The predicted molar refractivity (Wildman–Crippen MR) is 80.6 cm³/mol. The molecule has 0 atom stereocenters. The first kappa shape index (κ1) is 12.9. The van der Waals surface area contributed by atoms with Crippen molar-refractivity contribution in [1.82, 2.24) is 4.98 Å². The number of para-hydroxylation sites is 3. The Morgan fingerprint density at radius 3 is 2.60 bits per heavy atom. The van der Waals surface area contributed by atoms with E-state index in [2.05, 4.69) is 4.98 Å². The summed E-state index contributed by atoms with van der Waals surface area (Å²) in [5.41, 5.74) is 1.91. The number of hydrogen-bond donors (Lipinski definition) is 1. The van der Waals surface area contributed by atoms with Gasteiger partial charge in [0.2, 0.25) is 0 Å². The standard InChI is InChI=1S/C16H14ClNO2/c1-19-14-7-2-3-8-15(14)20-10-12-9-11-5-4-6-13(17)16(11)18-12/h2-9,18H,10H2,1H3. The monoisotopic (exact) mass is 287 g/mol. The number of rotatable bonds is 4. The Morgan fingerprint density at radius 1 is 1.05 bits per heavy atom. The molecule has 102 valence electrons. The predicted octanol–water partition coefficient (Wildman–Crippen LogP) is 4.41. The number of halogens is 1. The number of benzene rings is 2. The van der Waals surface area contributed by atoms with Gasteiger partial charge in [-0.25, -0.2) is 0 Å². The zero-order valence-corrected chi connectivity index (χ0v) is 11.8. The Labute approximate surface area is 122 Å². The van der Waals surface area contributed by atoms with Crippen LogP contribution in [-0.4, -0.2) is 12.1 Å². The number of H-pyrrole nitrogens is 1. The van der Waals surface area contributed by atoms with E-state index in [0.29, 0.717) is 11.6 Å². The molecule has 0 saturated carbocycles. The molecule has 1 heterocycles. The van der Waals surface area contributed by atoms with Crippen LogP contribution in [0.2, 0.25) is 5.02 Å². The van der Waals surface area contributed by atoms with Crippen molar-refractivity contribution >= 4 is 22.5 Å². The molecule has 0 unspecified atom stereocenters. The van der Waals surface area contributed by atoms with Gasteiger partial charge in [0.1, 0.15) is 6.61 Å². The highest BCUT2D eigenvalue weighted by molar-refractivity contribution is 6.35. The average Bonchev–Trinajstić information content (AvgIpc) is 2.90. The van der Waals surface area contributed by atoms with Gasteiger partial charge < -0.3 is 14.5 Å². The van der Waals surface area contributed by atoms with Crippen LogP contribution in [0.1, 0.15) is 5.69 Å². The lowest BCUT2D eigenvalue weighted by Crippen LogP contribution is -1.97. The minimum atomic E-state index is 0.436. The SMILES string of the molecule is COc1ccccc1OCc1cc2cccc(Cl)c2[nH]1. The summed E-state index contributed by atoms with van der Waals surface area (Å²) in [4.78, 5) is 3.27. The summed E-state index contributed by atoms with van der Waals surface area (Å²) in [6.45, 7) is 0.436.